The minimum Gasteiger partial charge on any atom is -0.355 e. The maximum absolute atomic E-state index is 10.8. The molecule has 0 unspecified atom stereocenters. The molecule has 0 aromatic carbocycles. The summed E-state index contributed by atoms with van der Waals surface area (Å²) in [5, 5.41) is 2.42. The van der Waals surface area contributed by atoms with E-state index in [2.05, 4.69) is 5.32 Å². The van der Waals surface area contributed by atoms with Gasteiger partial charge in [0.1, 0.15) is 0 Å². The Kier molecular flexibility index (Phi) is 4.89. The molecule has 1 atom stereocenters. The summed E-state index contributed by atoms with van der Waals surface area (Å²) in [5.74, 6) is -0.693. The van der Waals surface area contributed by atoms with Crippen LogP contribution in [-0.4, -0.2) is 37.2 Å². The van der Waals surface area contributed by atoms with E-state index in [4.69, 9.17) is 10.3 Å². The van der Waals surface area contributed by atoms with Crippen LogP contribution in [0.5, 0.6) is 0 Å². The van der Waals surface area contributed by atoms with Crippen molar-refractivity contribution in [1.29, 1.82) is 0 Å². The lowest BCUT2D eigenvalue weighted by Crippen LogP contribution is -2.39. The summed E-state index contributed by atoms with van der Waals surface area (Å²) < 4.78 is 28.8. The normalized spacial score (nSPS) is 13.8. The Labute approximate surface area is 78.7 Å². The van der Waals surface area contributed by atoms with E-state index < -0.39 is 16.2 Å². The van der Waals surface area contributed by atoms with E-state index in [1.54, 1.807) is 0 Å². The Bertz CT molecular complexity index is 265. The average Bonchev–Trinajstić information content (AvgIpc) is 1.95. The lowest BCUT2D eigenvalue weighted by Gasteiger charge is -2.06. The zero-order chi connectivity index (χ0) is 10.5. The molecule has 0 spiro atoms. The first kappa shape index (κ1) is 12.3. The first-order valence-electron chi connectivity index (χ1n) is 3.81. The van der Waals surface area contributed by atoms with Crippen LogP contribution in [0.15, 0.2) is 0 Å². The first-order valence-corrected chi connectivity index (χ1v) is 5.42. The molecular formula is C6H16N2O4S. The molecular weight excluding hydrogens is 197 g/mol. The van der Waals surface area contributed by atoms with Crippen molar-refractivity contribution in [3.8, 4) is 0 Å². The molecule has 0 saturated heterocycles. The van der Waals surface area contributed by atoms with Crippen molar-refractivity contribution in [3.05, 3.63) is 0 Å². The third kappa shape index (κ3) is 7.69. The minimum absolute atomic E-state index is 0. The summed E-state index contributed by atoms with van der Waals surface area (Å²) >= 11 is 0. The summed E-state index contributed by atoms with van der Waals surface area (Å²) in [6.45, 7) is 1.72. The van der Waals surface area contributed by atoms with E-state index in [0.29, 0.717) is 0 Å². The second-order valence-electron chi connectivity index (χ2n) is 2.72. The van der Waals surface area contributed by atoms with E-state index in [-0.39, 0.29) is 26.1 Å². The number of hydrogen-bond acceptors (Lipinski definition) is 4. The second kappa shape index (κ2) is 5.15. The molecule has 0 aromatic heterocycles. The van der Waals surface area contributed by atoms with Crippen molar-refractivity contribution in [2.75, 3.05) is 12.3 Å². The van der Waals surface area contributed by atoms with Crippen LogP contribution >= 0.6 is 0 Å². The third-order valence-corrected chi connectivity index (χ3v) is 2.10. The third-order valence-electron chi connectivity index (χ3n) is 1.29. The van der Waals surface area contributed by atoms with Crippen LogP contribution < -0.4 is 11.1 Å². The van der Waals surface area contributed by atoms with Gasteiger partial charge >= 0.3 is 0 Å². The molecule has 13 heavy (non-hydrogen) atoms. The Morgan fingerprint density at radius 3 is 2.62 bits per heavy atom. The van der Waals surface area contributed by atoms with Crippen LogP contribution in [0.2, 0.25) is 0 Å². The topological polar surface area (TPSA) is 109 Å². The Balaban J connectivity index is 0. The number of hydrogen-bond donors (Lipinski definition) is 3. The molecule has 1 amide bonds. The van der Waals surface area contributed by atoms with E-state index >= 15 is 0 Å². The molecule has 0 aliphatic heterocycles. The first-order chi connectivity index (χ1) is 5.83. The van der Waals surface area contributed by atoms with Crippen molar-refractivity contribution in [3.63, 3.8) is 0 Å². The van der Waals surface area contributed by atoms with Gasteiger partial charge in [0.25, 0.3) is 10.1 Å². The molecule has 80 valence electrons. The largest absolute Gasteiger partial charge is 0.355 e. The summed E-state index contributed by atoms with van der Waals surface area (Å²) in [6, 6.07) is -0.606. The number of carbonyl (C=O) groups excluding carboxylic acids is 1. The predicted octanol–water partition coefficient (Wildman–Crippen LogP) is -1.03. The molecule has 7 heteroatoms. The molecule has 0 radical (unpaired) electrons. The maximum Gasteiger partial charge on any atom is 0.264 e. The highest BCUT2D eigenvalue weighted by molar-refractivity contribution is 7.85. The highest BCUT2D eigenvalue weighted by Gasteiger charge is 2.07. The van der Waals surface area contributed by atoms with Crippen molar-refractivity contribution in [2.24, 2.45) is 5.73 Å². The van der Waals surface area contributed by atoms with Gasteiger partial charge in [-0.25, -0.2) is 0 Å². The smallest absolute Gasteiger partial charge is 0.264 e. The van der Waals surface area contributed by atoms with Crippen LogP contribution in [0.4, 0.5) is 0 Å². The van der Waals surface area contributed by atoms with E-state index in [1.165, 1.54) is 6.92 Å². The quantitative estimate of drug-likeness (QED) is 0.307. The zero-order valence-electron chi connectivity index (χ0n) is 7.36. The van der Waals surface area contributed by atoms with E-state index in [0.717, 1.165) is 0 Å². The van der Waals surface area contributed by atoms with Gasteiger partial charge in [-0.3, -0.25) is 9.35 Å². The van der Waals surface area contributed by atoms with Crippen LogP contribution in [0.25, 0.3) is 0 Å². The van der Waals surface area contributed by atoms with E-state index in [1.807, 2.05) is 0 Å². The van der Waals surface area contributed by atoms with Crippen LogP contribution in [0, 0.1) is 0 Å². The van der Waals surface area contributed by atoms with Gasteiger partial charge in [0.15, 0.2) is 0 Å². The number of amides is 1. The molecule has 0 aliphatic rings. The van der Waals surface area contributed by atoms with Crippen LogP contribution in [-0.2, 0) is 14.9 Å². The Morgan fingerprint density at radius 1 is 1.69 bits per heavy atom. The molecule has 0 aromatic rings. The fourth-order valence-electron chi connectivity index (χ4n) is 0.627. The zero-order valence-corrected chi connectivity index (χ0v) is 8.17. The van der Waals surface area contributed by atoms with Gasteiger partial charge in [-0.05, 0) is 13.3 Å². The molecule has 4 N–H and O–H groups in total. The van der Waals surface area contributed by atoms with Gasteiger partial charge in [0.2, 0.25) is 5.91 Å². The SMILES string of the molecule is C[C@H](N)C(=O)[15NH]CCCS(=O)(=O)O.[HH]. The second-order valence-corrected chi connectivity index (χ2v) is 4.29. The van der Waals surface area contributed by atoms with Crippen molar-refractivity contribution in [2.45, 2.75) is 19.4 Å². The molecule has 0 saturated carbocycles. The van der Waals surface area contributed by atoms with Gasteiger partial charge < -0.3 is 11.1 Å². The maximum atomic E-state index is 10.8. The molecule has 0 heterocycles. The summed E-state index contributed by atoms with van der Waals surface area (Å²) in [7, 11) is -3.92. The Hall–Kier alpha value is -0.660. The Morgan fingerprint density at radius 2 is 2.23 bits per heavy atom. The predicted molar refractivity (Wildman–Crippen MR) is 49.8 cm³/mol. The fraction of sp³-hybridized carbons (Fsp3) is 0.833. The molecule has 0 rings (SSSR count). The van der Waals surface area contributed by atoms with Crippen LogP contribution in [0.3, 0.4) is 0 Å². The van der Waals surface area contributed by atoms with Gasteiger partial charge in [-0.2, -0.15) is 8.42 Å². The number of nitrogens with one attached hydrogen (secondary N) is 1. The monoisotopic (exact) mass is 213 g/mol. The lowest BCUT2D eigenvalue weighted by atomic mass is 10.3. The van der Waals surface area contributed by atoms with Gasteiger partial charge in [0, 0.05) is 7.97 Å². The van der Waals surface area contributed by atoms with Crippen molar-refractivity contribution >= 4 is 16.0 Å². The number of nitrogens with two attached hydrogens (primary N) is 1. The minimum atomic E-state index is -3.92. The number of rotatable bonds is 5. The number of carbonyl (C=O) groups is 1. The van der Waals surface area contributed by atoms with E-state index in [9.17, 15) is 13.2 Å². The van der Waals surface area contributed by atoms with Crippen LogP contribution in [0.1, 0.15) is 14.8 Å². The highest BCUT2D eigenvalue weighted by atomic mass is 32.2. The van der Waals surface area contributed by atoms with Crippen molar-refractivity contribution < 1.29 is 19.2 Å². The summed E-state index contributed by atoms with van der Waals surface area (Å²) in [5.41, 5.74) is 5.22. The molecule has 0 bridgehead atoms. The summed E-state index contributed by atoms with van der Waals surface area (Å²) in [6.07, 6.45) is 0.178. The van der Waals surface area contributed by atoms with Gasteiger partial charge in [-0.15, -0.1) is 0 Å². The van der Waals surface area contributed by atoms with Gasteiger partial charge in [-0.1, -0.05) is 0 Å². The van der Waals surface area contributed by atoms with Gasteiger partial charge in [0.05, 0.1) is 11.8 Å². The summed E-state index contributed by atoms with van der Waals surface area (Å²) in [4.78, 5) is 10.8. The highest BCUT2D eigenvalue weighted by Crippen LogP contribution is 1.86. The molecule has 6 nitrogen and oxygen atoms in total. The van der Waals surface area contributed by atoms with Crippen molar-refractivity contribution in [1.82, 2.24) is 5.32 Å². The lowest BCUT2D eigenvalue weighted by molar-refractivity contribution is -0.121. The molecule has 0 aliphatic carbocycles. The fourth-order valence-corrected chi connectivity index (χ4v) is 1.14. The standard InChI is InChI=1S/C6H14N2O4S.H2/c1-5(7)6(9)8-3-2-4-13(10,11)12;/h5H,2-4,7H2,1H3,(H,8,9)(H,10,11,12);1H/t5-;/m0./s1/i8+1;. The average molecular weight is 213 g/mol. The molecule has 0 fully saturated rings.